The number of rotatable bonds is 4. The quantitative estimate of drug-likeness (QED) is 0.826. The molecule has 0 spiro atoms. The number of aromatic nitrogens is 3. The van der Waals surface area contributed by atoms with Gasteiger partial charge in [0, 0.05) is 25.6 Å². The topological polar surface area (TPSA) is 79.8 Å². The number of carbonyl (C=O) groups is 1. The summed E-state index contributed by atoms with van der Waals surface area (Å²) >= 11 is 0. The zero-order valence-corrected chi connectivity index (χ0v) is 13.1. The first-order chi connectivity index (χ1) is 10.6. The molecule has 2 saturated carbocycles. The van der Waals surface area contributed by atoms with E-state index >= 15 is 0 Å². The fourth-order valence-electron chi connectivity index (χ4n) is 3.37. The number of nitrogens with zero attached hydrogens (tertiary/aromatic N) is 2. The molecular weight excluding hydrogens is 280 g/mol. The Hall–Kier alpha value is -1.85. The van der Waals surface area contributed by atoms with Crippen molar-refractivity contribution in [3.63, 3.8) is 0 Å². The van der Waals surface area contributed by atoms with Crippen LogP contribution >= 0.6 is 0 Å². The summed E-state index contributed by atoms with van der Waals surface area (Å²) in [5, 5.41) is 9.75. The van der Waals surface area contributed by atoms with Crippen LogP contribution in [0.2, 0.25) is 0 Å². The number of hydrogen-bond acceptors (Lipinski definition) is 3. The lowest BCUT2D eigenvalue weighted by atomic mass is 9.82. The minimum atomic E-state index is -0.180. The van der Waals surface area contributed by atoms with Crippen LogP contribution in [0.1, 0.15) is 50.8 Å². The Labute approximate surface area is 130 Å². The van der Waals surface area contributed by atoms with Gasteiger partial charge in [0.2, 0.25) is 5.91 Å². The molecule has 0 saturated heterocycles. The third-order valence-corrected chi connectivity index (χ3v) is 4.98. The first-order valence-corrected chi connectivity index (χ1v) is 8.23. The van der Waals surface area contributed by atoms with Gasteiger partial charge < -0.3 is 5.32 Å². The summed E-state index contributed by atoms with van der Waals surface area (Å²) in [6.45, 7) is 0. The van der Waals surface area contributed by atoms with Crippen LogP contribution in [0.5, 0.6) is 0 Å². The monoisotopic (exact) mass is 304 g/mol. The molecule has 1 amide bonds. The highest BCUT2D eigenvalue weighted by Gasteiger charge is 2.28. The zero-order valence-electron chi connectivity index (χ0n) is 13.1. The summed E-state index contributed by atoms with van der Waals surface area (Å²) in [5.41, 5.74) is 1.08. The second-order valence-corrected chi connectivity index (χ2v) is 6.52. The molecule has 120 valence electrons. The standard InChI is InChI=1S/C16H24N4O2/c1-20-14(18-19-16(20)22)10-12-7-2-3-8-13(12)17-15(21)9-11-5-4-6-11/h9,12-13H,2-8,10H2,1H3,(H,17,21)(H,19,22)/t12-,13-/m1/s1. The Balaban J connectivity index is 1.64. The number of hydrogen-bond donors (Lipinski definition) is 2. The Morgan fingerprint density at radius 1 is 1.36 bits per heavy atom. The molecule has 2 aliphatic carbocycles. The van der Waals surface area contributed by atoms with Crippen LogP contribution in [-0.4, -0.2) is 26.7 Å². The fraction of sp³-hybridized carbons (Fsp3) is 0.688. The van der Waals surface area contributed by atoms with Crippen molar-refractivity contribution in [3.05, 3.63) is 28.0 Å². The van der Waals surface area contributed by atoms with Crippen LogP contribution in [0.3, 0.4) is 0 Å². The average molecular weight is 304 g/mol. The number of aromatic amines is 1. The molecular formula is C16H24N4O2. The van der Waals surface area contributed by atoms with Crippen LogP contribution in [-0.2, 0) is 18.3 Å². The molecule has 0 aromatic carbocycles. The van der Waals surface area contributed by atoms with Crippen LogP contribution in [0, 0.1) is 5.92 Å². The minimum absolute atomic E-state index is 0.0440. The van der Waals surface area contributed by atoms with Gasteiger partial charge in [0.05, 0.1) is 0 Å². The number of allylic oxidation sites excluding steroid dienone is 1. The molecule has 0 bridgehead atoms. The molecule has 0 radical (unpaired) electrons. The molecule has 2 aliphatic rings. The highest BCUT2D eigenvalue weighted by Crippen LogP contribution is 2.28. The van der Waals surface area contributed by atoms with E-state index < -0.39 is 0 Å². The van der Waals surface area contributed by atoms with Crippen molar-refractivity contribution in [1.29, 1.82) is 0 Å². The zero-order chi connectivity index (χ0) is 15.5. The van der Waals surface area contributed by atoms with Crippen molar-refractivity contribution in [1.82, 2.24) is 20.1 Å². The lowest BCUT2D eigenvalue weighted by molar-refractivity contribution is -0.117. The number of H-pyrrole nitrogens is 1. The van der Waals surface area contributed by atoms with Crippen LogP contribution in [0.25, 0.3) is 0 Å². The van der Waals surface area contributed by atoms with E-state index in [1.54, 1.807) is 17.7 Å². The molecule has 1 heterocycles. The van der Waals surface area contributed by atoms with Crippen molar-refractivity contribution in [2.45, 2.75) is 57.4 Å². The molecule has 2 fully saturated rings. The number of nitrogens with one attached hydrogen (secondary N) is 2. The molecule has 1 aromatic heterocycles. The molecule has 6 nitrogen and oxygen atoms in total. The van der Waals surface area contributed by atoms with Crippen LogP contribution in [0.4, 0.5) is 0 Å². The van der Waals surface area contributed by atoms with Crippen molar-refractivity contribution in [3.8, 4) is 0 Å². The third kappa shape index (κ3) is 3.31. The van der Waals surface area contributed by atoms with Gasteiger partial charge in [0.1, 0.15) is 5.82 Å². The smallest absolute Gasteiger partial charge is 0.343 e. The van der Waals surface area contributed by atoms with E-state index in [9.17, 15) is 9.59 Å². The van der Waals surface area contributed by atoms with E-state index in [4.69, 9.17) is 0 Å². The first-order valence-electron chi connectivity index (χ1n) is 8.23. The maximum atomic E-state index is 12.1. The summed E-state index contributed by atoms with van der Waals surface area (Å²) in [4.78, 5) is 23.6. The summed E-state index contributed by atoms with van der Waals surface area (Å²) < 4.78 is 1.56. The summed E-state index contributed by atoms with van der Waals surface area (Å²) in [7, 11) is 1.73. The average Bonchev–Trinajstić information content (AvgIpc) is 2.77. The van der Waals surface area contributed by atoms with E-state index in [-0.39, 0.29) is 17.6 Å². The Morgan fingerprint density at radius 3 is 2.77 bits per heavy atom. The molecule has 6 heteroatoms. The maximum absolute atomic E-state index is 12.1. The van der Waals surface area contributed by atoms with Gasteiger partial charge in [-0.3, -0.25) is 9.36 Å². The molecule has 22 heavy (non-hydrogen) atoms. The SMILES string of the molecule is Cn1c(C[C@H]2CCCC[C@H]2NC(=O)C=C2CCC2)n[nH]c1=O. The highest BCUT2D eigenvalue weighted by molar-refractivity contribution is 5.88. The van der Waals surface area contributed by atoms with E-state index in [1.165, 1.54) is 18.4 Å². The summed E-state index contributed by atoms with van der Waals surface area (Å²) in [6.07, 6.45) is 10.3. The molecule has 2 atom stereocenters. The van der Waals surface area contributed by atoms with Gasteiger partial charge in [-0.25, -0.2) is 9.89 Å². The van der Waals surface area contributed by atoms with Crippen LogP contribution < -0.4 is 11.0 Å². The summed E-state index contributed by atoms with van der Waals surface area (Å²) in [5.74, 6) is 1.17. The molecule has 0 unspecified atom stereocenters. The first kappa shape index (κ1) is 15.1. The summed E-state index contributed by atoms with van der Waals surface area (Å²) in [6, 6.07) is 0.185. The second-order valence-electron chi connectivity index (χ2n) is 6.52. The molecule has 0 aliphatic heterocycles. The van der Waals surface area contributed by atoms with E-state index in [0.717, 1.165) is 44.3 Å². The van der Waals surface area contributed by atoms with Gasteiger partial charge in [-0.2, -0.15) is 5.10 Å². The van der Waals surface area contributed by atoms with Crippen molar-refractivity contribution in [2.24, 2.45) is 13.0 Å². The Morgan fingerprint density at radius 2 is 2.14 bits per heavy atom. The number of carbonyl (C=O) groups excluding carboxylic acids is 1. The molecule has 2 N–H and O–H groups in total. The normalized spacial score (nSPS) is 24.7. The van der Waals surface area contributed by atoms with E-state index in [1.807, 2.05) is 0 Å². The predicted molar refractivity (Wildman–Crippen MR) is 83.4 cm³/mol. The van der Waals surface area contributed by atoms with Crippen molar-refractivity contribution in [2.75, 3.05) is 0 Å². The van der Waals surface area contributed by atoms with Gasteiger partial charge in [0.15, 0.2) is 0 Å². The van der Waals surface area contributed by atoms with Crippen molar-refractivity contribution < 1.29 is 4.79 Å². The minimum Gasteiger partial charge on any atom is -0.350 e. The van der Waals surface area contributed by atoms with Gasteiger partial charge in [0.25, 0.3) is 0 Å². The predicted octanol–water partition coefficient (Wildman–Crippen LogP) is 1.44. The second kappa shape index (κ2) is 6.50. The largest absolute Gasteiger partial charge is 0.350 e. The van der Waals surface area contributed by atoms with E-state index in [2.05, 4.69) is 15.5 Å². The Bertz CT molecular complexity index is 622. The Kier molecular flexibility index (Phi) is 4.45. The van der Waals surface area contributed by atoms with Gasteiger partial charge in [-0.1, -0.05) is 18.4 Å². The molecule has 1 aromatic rings. The van der Waals surface area contributed by atoms with Gasteiger partial charge in [-0.05, 0) is 38.0 Å². The fourth-order valence-corrected chi connectivity index (χ4v) is 3.37. The van der Waals surface area contributed by atoms with Gasteiger partial charge in [-0.15, -0.1) is 0 Å². The van der Waals surface area contributed by atoms with Gasteiger partial charge >= 0.3 is 5.69 Å². The lowest BCUT2D eigenvalue weighted by Gasteiger charge is -2.32. The maximum Gasteiger partial charge on any atom is 0.343 e. The third-order valence-electron chi connectivity index (χ3n) is 4.98. The van der Waals surface area contributed by atoms with Crippen molar-refractivity contribution >= 4 is 5.91 Å². The highest BCUT2D eigenvalue weighted by atomic mass is 16.2. The molecule has 3 rings (SSSR count). The van der Waals surface area contributed by atoms with E-state index in [0.29, 0.717) is 5.92 Å². The lowest BCUT2D eigenvalue weighted by Crippen LogP contribution is -2.42. The number of amides is 1. The van der Waals surface area contributed by atoms with Crippen LogP contribution in [0.15, 0.2) is 16.4 Å².